The molecule has 3 nitrogen and oxygen atoms in total. The Hall–Kier alpha value is -1.21. The summed E-state index contributed by atoms with van der Waals surface area (Å²) < 4.78 is 39.0. The summed E-state index contributed by atoms with van der Waals surface area (Å²) in [6, 6.07) is 1.27. The van der Waals surface area contributed by atoms with Crippen LogP contribution in [-0.4, -0.2) is 34.2 Å². The van der Waals surface area contributed by atoms with Crippen LogP contribution < -0.4 is 5.32 Å². The highest BCUT2D eigenvalue weighted by molar-refractivity contribution is 8.00. The SMILES string of the molecule is CCS[C@@H]1CC[C@]1(O)CNC(=O)c1cc(F)c(F)c(F)c1. The van der Waals surface area contributed by atoms with E-state index in [1.807, 2.05) is 6.92 Å². The zero-order valence-electron chi connectivity index (χ0n) is 11.5. The van der Waals surface area contributed by atoms with E-state index in [4.69, 9.17) is 0 Å². The lowest BCUT2D eigenvalue weighted by molar-refractivity contribution is -0.0221. The number of carbonyl (C=O) groups excluding carboxylic acids is 1. The fraction of sp³-hybridized carbons (Fsp3) is 0.500. The van der Waals surface area contributed by atoms with Crippen molar-refractivity contribution in [3.8, 4) is 0 Å². The van der Waals surface area contributed by atoms with Gasteiger partial charge in [0.2, 0.25) is 0 Å². The number of carbonyl (C=O) groups is 1. The molecule has 0 heterocycles. The maximum Gasteiger partial charge on any atom is 0.251 e. The van der Waals surface area contributed by atoms with E-state index in [0.717, 1.165) is 12.2 Å². The van der Waals surface area contributed by atoms with Gasteiger partial charge in [-0.25, -0.2) is 13.2 Å². The normalized spacial score (nSPS) is 24.5. The maximum atomic E-state index is 13.1. The highest BCUT2D eigenvalue weighted by atomic mass is 32.2. The van der Waals surface area contributed by atoms with Gasteiger partial charge >= 0.3 is 0 Å². The topological polar surface area (TPSA) is 49.3 Å². The second-order valence-corrected chi connectivity index (χ2v) is 6.50. The molecule has 1 amide bonds. The fourth-order valence-corrected chi connectivity index (χ4v) is 3.46. The van der Waals surface area contributed by atoms with E-state index in [9.17, 15) is 23.1 Å². The Morgan fingerprint density at radius 3 is 2.52 bits per heavy atom. The highest BCUT2D eigenvalue weighted by Gasteiger charge is 2.45. The molecule has 7 heteroatoms. The average Bonchev–Trinajstić information content (AvgIpc) is 2.45. The highest BCUT2D eigenvalue weighted by Crippen LogP contribution is 2.40. The lowest BCUT2D eigenvalue weighted by Gasteiger charge is -2.45. The molecule has 1 fully saturated rings. The standard InChI is InChI=1S/C14H16F3NO2S/c1-2-21-11-3-4-14(11,20)7-18-13(19)8-5-9(15)12(17)10(16)6-8/h5-6,11,20H,2-4,7H2,1H3,(H,18,19)/t11-,14+/m1/s1. The van der Waals surface area contributed by atoms with Gasteiger partial charge in [-0.2, -0.15) is 11.8 Å². The smallest absolute Gasteiger partial charge is 0.251 e. The molecule has 1 aliphatic carbocycles. The summed E-state index contributed by atoms with van der Waals surface area (Å²) >= 11 is 1.61. The van der Waals surface area contributed by atoms with Gasteiger partial charge in [-0.05, 0) is 30.7 Å². The number of hydrogen-bond donors (Lipinski definition) is 2. The van der Waals surface area contributed by atoms with Crippen LogP contribution >= 0.6 is 11.8 Å². The summed E-state index contributed by atoms with van der Waals surface area (Å²) in [5, 5.41) is 12.8. The molecule has 0 aromatic heterocycles. The van der Waals surface area contributed by atoms with Crippen LogP contribution in [0.5, 0.6) is 0 Å². The summed E-state index contributed by atoms with van der Waals surface area (Å²) in [7, 11) is 0. The molecule has 116 valence electrons. The van der Waals surface area contributed by atoms with Gasteiger partial charge in [0, 0.05) is 17.4 Å². The zero-order valence-corrected chi connectivity index (χ0v) is 12.3. The van der Waals surface area contributed by atoms with Crippen molar-refractivity contribution in [2.45, 2.75) is 30.6 Å². The van der Waals surface area contributed by atoms with Gasteiger partial charge in [0.1, 0.15) is 0 Å². The predicted molar refractivity (Wildman–Crippen MR) is 74.8 cm³/mol. The maximum absolute atomic E-state index is 13.1. The first-order chi connectivity index (χ1) is 9.87. The van der Waals surface area contributed by atoms with E-state index in [1.54, 1.807) is 11.8 Å². The Labute approximate surface area is 124 Å². The molecule has 0 radical (unpaired) electrons. The van der Waals surface area contributed by atoms with Crippen LogP contribution in [0.3, 0.4) is 0 Å². The van der Waals surface area contributed by atoms with Crippen molar-refractivity contribution in [2.24, 2.45) is 0 Å². The lowest BCUT2D eigenvalue weighted by atomic mass is 9.79. The van der Waals surface area contributed by atoms with E-state index in [-0.39, 0.29) is 17.4 Å². The molecule has 2 atom stereocenters. The summed E-state index contributed by atoms with van der Waals surface area (Å²) in [4.78, 5) is 11.8. The predicted octanol–water partition coefficient (Wildman–Crippen LogP) is 2.48. The van der Waals surface area contributed by atoms with Crippen molar-refractivity contribution in [1.82, 2.24) is 5.32 Å². The fourth-order valence-electron chi connectivity index (χ4n) is 2.26. The second-order valence-electron chi connectivity index (χ2n) is 5.02. The minimum Gasteiger partial charge on any atom is -0.387 e. The van der Waals surface area contributed by atoms with Gasteiger partial charge < -0.3 is 10.4 Å². The van der Waals surface area contributed by atoms with Crippen molar-refractivity contribution in [2.75, 3.05) is 12.3 Å². The third-order valence-electron chi connectivity index (χ3n) is 3.61. The van der Waals surface area contributed by atoms with E-state index >= 15 is 0 Å². The Morgan fingerprint density at radius 2 is 2.05 bits per heavy atom. The van der Waals surface area contributed by atoms with Crippen molar-refractivity contribution >= 4 is 17.7 Å². The number of amides is 1. The Bertz CT molecular complexity index is 532. The molecule has 0 spiro atoms. The molecule has 0 unspecified atom stereocenters. The second kappa shape index (κ2) is 6.27. The number of benzene rings is 1. The zero-order chi connectivity index (χ0) is 15.6. The summed E-state index contributed by atoms with van der Waals surface area (Å²) in [5.74, 6) is -4.32. The molecule has 2 rings (SSSR count). The van der Waals surface area contributed by atoms with Gasteiger partial charge in [-0.1, -0.05) is 6.92 Å². The Kier molecular flexibility index (Phi) is 4.83. The molecule has 0 bridgehead atoms. The molecule has 0 saturated heterocycles. The molecule has 0 aliphatic heterocycles. The van der Waals surface area contributed by atoms with Crippen LogP contribution in [0.4, 0.5) is 13.2 Å². The van der Waals surface area contributed by atoms with Crippen LogP contribution in [0, 0.1) is 17.5 Å². The number of nitrogens with one attached hydrogen (secondary N) is 1. The average molecular weight is 319 g/mol. The van der Waals surface area contributed by atoms with E-state index < -0.39 is 29.0 Å². The number of rotatable bonds is 5. The van der Waals surface area contributed by atoms with Gasteiger partial charge in [0.15, 0.2) is 17.5 Å². The van der Waals surface area contributed by atoms with E-state index in [0.29, 0.717) is 18.6 Å². The van der Waals surface area contributed by atoms with Gasteiger partial charge in [0.25, 0.3) is 5.91 Å². The van der Waals surface area contributed by atoms with Crippen molar-refractivity contribution in [3.63, 3.8) is 0 Å². The minimum atomic E-state index is -1.61. The quantitative estimate of drug-likeness (QED) is 0.820. The first-order valence-electron chi connectivity index (χ1n) is 6.64. The van der Waals surface area contributed by atoms with E-state index in [1.165, 1.54) is 0 Å². The molecule has 1 aromatic rings. The molecule has 2 N–H and O–H groups in total. The first-order valence-corrected chi connectivity index (χ1v) is 7.69. The summed E-state index contributed by atoms with van der Waals surface area (Å²) in [6.07, 6.45) is 1.43. The van der Waals surface area contributed by atoms with Crippen LogP contribution in [0.15, 0.2) is 12.1 Å². The molecule has 1 aromatic carbocycles. The number of aliphatic hydroxyl groups is 1. The summed E-state index contributed by atoms with van der Waals surface area (Å²) in [6.45, 7) is 1.98. The Morgan fingerprint density at radius 1 is 1.43 bits per heavy atom. The molecular formula is C14H16F3NO2S. The van der Waals surface area contributed by atoms with Gasteiger partial charge in [0.05, 0.1) is 5.60 Å². The molecular weight excluding hydrogens is 303 g/mol. The van der Waals surface area contributed by atoms with Crippen LogP contribution in [0.2, 0.25) is 0 Å². The van der Waals surface area contributed by atoms with Gasteiger partial charge in [-0.3, -0.25) is 4.79 Å². The third kappa shape index (κ3) is 3.35. The lowest BCUT2D eigenvalue weighted by Crippen LogP contribution is -2.57. The minimum absolute atomic E-state index is 0.00408. The van der Waals surface area contributed by atoms with Crippen molar-refractivity contribution < 1.29 is 23.1 Å². The van der Waals surface area contributed by atoms with Crippen molar-refractivity contribution in [3.05, 3.63) is 35.1 Å². The van der Waals surface area contributed by atoms with Crippen molar-refractivity contribution in [1.29, 1.82) is 0 Å². The molecule has 1 aliphatic rings. The number of halogens is 3. The number of thioether (sulfide) groups is 1. The van der Waals surface area contributed by atoms with Crippen LogP contribution in [-0.2, 0) is 0 Å². The third-order valence-corrected chi connectivity index (χ3v) is 5.02. The number of hydrogen-bond acceptors (Lipinski definition) is 3. The Balaban J connectivity index is 1.99. The van der Waals surface area contributed by atoms with Gasteiger partial charge in [-0.15, -0.1) is 0 Å². The largest absolute Gasteiger partial charge is 0.387 e. The molecule has 21 heavy (non-hydrogen) atoms. The summed E-state index contributed by atoms with van der Waals surface area (Å²) in [5.41, 5.74) is -1.30. The van der Waals surface area contributed by atoms with Crippen LogP contribution in [0.25, 0.3) is 0 Å². The first kappa shape index (κ1) is 16.2. The molecule has 1 saturated carbocycles. The van der Waals surface area contributed by atoms with E-state index in [2.05, 4.69) is 5.32 Å². The van der Waals surface area contributed by atoms with Crippen LogP contribution in [0.1, 0.15) is 30.1 Å². The monoisotopic (exact) mass is 319 g/mol.